The molecule has 0 fully saturated rings. The van der Waals surface area contributed by atoms with Crippen molar-refractivity contribution < 1.29 is 4.42 Å². The molecule has 16 heavy (non-hydrogen) atoms. The van der Waals surface area contributed by atoms with Crippen molar-refractivity contribution in [2.75, 3.05) is 6.54 Å². The molecule has 2 rings (SSSR count). The minimum atomic E-state index is 0.199. The molecule has 2 aromatic heterocycles. The number of rotatable bonds is 6. The lowest BCUT2D eigenvalue weighted by molar-refractivity contribution is 0.443. The van der Waals surface area contributed by atoms with Gasteiger partial charge in [0.15, 0.2) is 0 Å². The van der Waals surface area contributed by atoms with Gasteiger partial charge >= 0.3 is 0 Å². The lowest BCUT2D eigenvalue weighted by atomic mass is 10.1. The van der Waals surface area contributed by atoms with Gasteiger partial charge in [0.25, 0.3) is 0 Å². The maximum absolute atomic E-state index is 5.36. The Bertz CT molecular complexity index is 385. The molecule has 2 heterocycles. The molecule has 2 aromatic rings. The topological polar surface area (TPSA) is 51.0 Å². The van der Waals surface area contributed by atoms with Gasteiger partial charge in [0.05, 0.1) is 18.0 Å². The second kappa shape index (κ2) is 5.77. The van der Waals surface area contributed by atoms with Crippen molar-refractivity contribution in [1.29, 1.82) is 0 Å². The van der Waals surface area contributed by atoms with Gasteiger partial charge in [-0.15, -0.1) is 5.10 Å². The van der Waals surface area contributed by atoms with Crippen LogP contribution in [0.2, 0.25) is 0 Å². The highest BCUT2D eigenvalue weighted by Gasteiger charge is 2.15. The van der Waals surface area contributed by atoms with Crippen LogP contribution in [0.1, 0.15) is 30.8 Å². The molecule has 1 N–H and O–H groups in total. The number of furan rings is 1. The fourth-order valence-corrected chi connectivity index (χ4v) is 2.06. The summed E-state index contributed by atoms with van der Waals surface area (Å²) in [4.78, 5) is 0. The zero-order valence-electron chi connectivity index (χ0n) is 9.22. The van der Waals surface area contributed by atoms with E-state index in [-0.39, 0.29) is 6.04 Å². The van der Waals surface area contributed by atoms with Gasteiger partial charge < -0.3 is 9.73 Å². The molecule has 0 saturated heterocycles. The molecule has 4 nitrogen and oxygen atoms in total. The molecule has 0 spiro atoms. The van der Waals surface area contributed by atoms with Gasteiger partial charge in [0, 0.05) is 11.8 Å². The summed E-state index contributed by atoms with van der Waals surface area (Å²) in [5.41, 5.74) is 0.995. The first-order valence-corrected chi connectivity index (χ1v) is 6.26. The average Bonchev–Trinajstić information content (AvgIpc) is 2.96. The molecule has 5 heteroatoms. The van der Waals surface area contributed by atoms with Gasteiger partial charge in [-0.3, -0.25) is 0 Å². The number of aromatic nitrogens is 2. The summed E-state index contributed by atoms with van der Waals surface area (Å²) < 4.78 is 9.26. The first-order valence-electron chi connectivity index (χ1n) is 5.43. The molecule has 86 valence electrons. The van der Waals surface area contributed by atoms with E-state index in [1.165, 1.54) is 11.5 Å². The van der Waals surface area contributed by atoms with Crippen molar-refractivity contribution in [2.24, 2.45) is 0 Å². The van der Waals surface area contributed by atoms with Crippen molar-refractivity contribution in [1.82, 2.24) is 14.9 Å². The molecular weight excluding hydrogens is 222 g/mol. The Morgan fingerprint density at radius 2 is 2.50 bits per heavy atom. The van der Waals surface area contributed by atoms with E-state index in [0.717, 1.165) is 30.8 Å². The maximum Gasteiger partial charge on any atom is 0.105 e. The average molecular weight is 237 g/mol. The zero-order valence-corrected chi connectivity index (χ0v) is 10.0. The highest BCUT2D eigenvalue weighted by atomic mass is 32.1. The predicted octanol–water partition coefficient (Wildman–Crippen LogP) is 2.41. The van der Waals surface area contributed by atoms with Gasteiger partial charge in [0.2, 0.25) is 0 Å². The van der Waals surface area contributed by atoms with E-state index in [9.17, 15) is 0 Å². The fraction of sp³-hybridized carbons (Fsp3) is 0.455. The standard InChI is InChI=1S/C11H15N3OS/c1-2-5-12-10(11-8-16-14-13-11)7-9-4-3-6-15-9/h3-4,6,8,10,12H,2,5,7H2,1H3. The molecule has 0 saturated carbocycles. The van der Waals surface area contributed by atoms with Crippen LogP contribution < -0.4 is 5.32 Å². The summed E-state index contributed by atoms with van der Waals surface area (Å²) in [6.07, 6.45) is 3.62. The lowest BCUT2D eigenvalue weighted by Crippen LogP contribution is -2.24. The highest BCUT2D eigenvalue weighted by Crippen LogP contribution is 2.17. The Morgan fingerprint density at radius 1 is 1.56 bits per heavy atom. The molecule has 0 aromatic carbocycles. The van der Waals surface area contributed by atoms with Crippen molar-refractivity contribution in [3.8, 4) is 0 Å². The number of nitrogens with zero attached hydrogens (tertiary/aromatic N) is 2. The SMILES string of the molecule is CCCNC(Cc1ccco1)c1csnn1. The minimum absolute atomic E-state index is 0.199. The van der Waals surface area contributed by atoms with Crippen LogP contribution in [0.15, 0.2) is 28.2 Å². The Kier molecular flexibility index (Phi) is 4.07. The van der Waals surface area contributed by atoms with Crippen LogP contribution in [0.3, 0.4) is 0 Å². The van der Waals surface area contributed by atoms with Crippen LogP contribution in [-0.4, -0.2) is 16.1 Å². The van der Waals surface area contributed by atoms with Gasteiger partial charge in [-0.1, -0.05) is 11.4 Å². The highest BCUT2D eigenvalue weighted by molar-refractivity contribution is 7.03. The molecule has 0 aliphatic carbocycles. The van der Waals surface area contributed by atoms with E-state index in [4.69, 9.17) is 4.42 Å². The summed E-state index contributed by atoms with van der Waals surface area (Å²) in [6.45, 7) is 3.12. The van der Waals surface area contributed by atoms with E-state index in [2.05, 4.69) is 21.8 Å². The van der Waals surface area contributed by atoms with Gasteiger partial charge in [-0.05, 0) is 36.6 Å². The molecule has 0 radical (unpaired) electrons. The van der Waals surface area contributed by atoms with Gasteiger partial charge in [0.1, 0.15) is 5.76 Å². The van der Waals surface area contributed by atoms with Crippen molar-refractivity contribution in [2.45, 2.75) is 25.8 Å². The lowest BCUT2D eigenvalue weighted by Gasteiger charge is -2.14. The van der Waals surface area contributed by atoms with E-state index in [1.54, 1.807) is 6.26 Å². The molecule has 0 bridgehead atoms. The van der Waals surface area contributed by atoms with Crippen molar-refractivity contribution in [3.05, 3.63) is 35.2 Å². The first kappa shape index (κ1) is 11.3. The summed E-state index contributed by atoms with van der Waals surface area (Å²) in [5, 5.41) is 9.55. The van der Waals surface area contributed by atoms with Crippen LogP contribution >= 0.6 is 11.5 Å². The van der Waals surface area contributed by atoms with Crippen molar-refractivity contribution >= 4 is 11.5 Å². The second-order valence-electron chi connectivity index (χ2n) is 3.62. The minimum Gasteiger partial charge on any atom is -0.469 e. The normalized spacial score (nSPS) is 12.8. The largest absolute Gasteiger partial charge is 0.469 e. The van der Waals surface area contributed by atoms with Crippen LogP contribution in [0.4, 0.5) is 0 Å². The Morgan fingerprint density at radius 3 is 3.12 bits per heavy atom. The molecule has 0 aliphatic heterocycles. The third-order valence-electron chi connectivity index (χ3n) is 2.36. The Labute approximate surface area is 98.8 Å². The van der Waals surface area contributed by atoms with Crippen LogP contribution in [0.25, 0.3) is 0 Å². The van der Waals surface area contributed by atoms with E-state index < -0.39 is 0 Å². The third-order valence-corrected chi connectivity index (χ3v) is 2.88. The number of hydrogen-bond donors (Lipinski definition) is 1. The molecule has 0 amide bonds. The summed E-state index contributed by atoms with van der Waals surface area (Å²) in [5.74, 6) is 0.974. The summed E-state index contributed by atoms with van der Waals surface area (Å²) >= 11 is 1.38. The Hall–Kier alpha value is -1.20. The third kappa shape index (κ3) is 2.90. The molecule has 0 aliphatic rings. The fourth-order valence-electron chi connectivity index (χ4n) is 1.55. The number of hydrogen-bond acceptors (Lipinski definition) is 5. The van der Waals surface area contributed by atoms with Gasteiger partial charge in [-0.2, -0.15) is 0 Å². The van der Waals surface area contributed by atoms with Crippen LogP contribution in [-0.2, 0) is 6.42 Å². The second-order valence-corrected chi connectivity index (χ2v) is 4.23. The maximum atomic E-state index is 5.36. The van der Waals surface area contributed by atoms with Gasteiger partial charge in [-0.25, -0.2) is 0 Å². The summed E-state index contributed by atoms with van der Waals surface area (Å²) in [7, 11) is 0. The number of nitrogens with one attached hydrogen (secondary N) is 1. The molecule has 1 unspecified atom stereocenters. The van der Waals surface area contributed by atoms with E-state index in [0.29, 0.717) is 0 Å². The summed E-state index contributed by atoms with van der Waals surface area (Å²) in [6, 6.07) is 4.09. The van der Waals surface area contributed by atoms with E-state index >= 15 is 0 Å². The Balaban J connectivity index is 2.03. The first-order chi connectivity index (χ1) is 7.90. The van der Waals surface area contributed by atoms with Crippen molar-refractivity contribution in [3.63, 3.8) is 0 Å². The zero-order chi connectivity index (χ0) is 11.2. The van der Waals surface area contributed by atoms with Crippen LogP contribution in [0.5, 0.6) is 0 Å². The predicted molar refractivity (Wildman–Crippen MR) is 63.4 cm³/mol. The smallest absolute Gasteiger partial charge is 0.105 e. The quantitative estimate of drug-likeness (QED) is 0.838. The molecular formula is C11H15N3OS. The van der Waals surface area contributed by atoms with E-state index in [1.807, 2.05) is 17.5 Å². The monoisotopic (exact) mass is 237 g/mol. The molecule has 1 atom stereocenters. The van der Waals surface area contributed by atoms with Crippen LogP contribution in [0, 0.1) is 0 Å².